The number of carboxylic acid groups (broad SMARTS) is 1. The third-order valence-corrected chi connectivity index (χ3v) is 4.56. The van der Waals surface area contributed by atoms with Gasteiger partial charge in [-0.05, 0) is 43.7 Å². The van der Waals surface area contributed by atoms with Crippen molar-refractivity contribution >= 4 is 28.5 Å². The molecule has 1 amide bonds. The first kappa shape index (κ1) is 19.5. The summed E-state index contributed by atoms with van der Waals surface area (Å²) in [6.07, 6.45) is 0.803. The van der Waals surface area contributed by atoms with E-state index in [9.17, 15) is 14.7 Å². The number of nitrogens with zero attached hydrogens (tertiary/aromatic N) is 1. The number of fused-ring (bicyclic) bond motifs is 1. The lowest BCUT2D eigenvalue weighted by atomic mass is 10.1. The van der Waals surface area contributed by atoms with E-state index in [1.54, 1.807) is 4.90 Å². The van der Waals surface area contributed by atoms with Crippen molar-refractivity contribution in [1.29, 1.82) is 0 Å². The number of aromatic amines is 1. The number of aromatic carboxylic acids is 1. The van der Waals surface area contributed by atoms with Crippen LogP contribution in [0.3, 0.4) is 0 Å². The highest BCUT2D eigenvalue weighted by atomic mass is 16.5. The number of hydrogen-bond acceptors (Lipinski definition) is 3. The minimum atomic E-state index is -1.07. The van der Waals surface area contributed by atoms with Gasteiger partial charge in [0.1, 0.15) is 11.4 Å². The summed E-state index contributed by atoms with van der Waals surface area (Å²) >= 11 is 0. The van der Waals surface area contributed by atoms with Gasteiger partial charge >= 0.3 is 5.97 Å². The summed E-state index contributed by atoms with van der Waals surface area (Å²) < 4.78 is 5.46. The number of para-hydroxylation sites is 1. The predicted molar refractivity (Wildman–Crippen MR) is 109 cm³/mol. The molecule has 0 atom stereocenters. The van der Waals surface area contributed by atoms with Crippen molar-refractivity contribution in [3.05, 3.63) is 59.8 Å². The number of anilines is 1. The molecule has 0 unspecified atom stereocenters. The molecule has 3 aromatic rings. The molecule has 0 aliphatic heterocycles. The van der Waals surface area contributed by atoms with Gasteiger partial charge in [0, 0.05) is 28.7 Å². The Morgan fingerprint density at radius 2 is 1.79 bits per heavy atom. The maximum atomic E-state index is 13.1. The zero-order chi connectivity index (χ0) is 20.1. The summed E-state index contributed by atoms with van der Waals surface area (Å²) in [7, 11) is 0. The van der Waals surface area contributed by atoms with Crippen molar-refractivity contribution in [3.8, 4) is 5.75 Å². The van der Waals surface area contributed by atoms with E-state index in [1.807, 2.05) is 62.4 Å². The zero-order valence-electron chi connectivity index (χ0n) is 16.1. The van der Waals surface area contributed by atoms with Gasteiger partial charge < -0.3 is 19.7 Å². The van der Waals surface area contributed by atoms with Crippen LogP contribution in [0.4, 0.5) is 5.69 Å². The third kappa shape index (κ3) is 4.01. The van der Waals surface area contributed by atoms with Crippen LogP contribution in [0.25, 0.3) is 10.9 Å². The van der Waals surface area contributed by atoms with E-state index >= 15 is 0 Å². The lowest BCUT2D eigenvalue weighted by molar-refractivity contribution is -0.118. The first-order chi connectivity index (χ1) is 13.5. The lowest BCUT2D eigenvalue weighted by Gasteiger charge is -2.23. The molecule has 1 heterocycles. The van der Waals surface area contributed by atoms with Crippen LogP contribution in [0.2, 0.25) is 0 Å². The van der Waals surface area contributed by atoms with Crippen LogP contribution in [-0.4, -0.2) is 35.1 Å². The molecular formula is C22H24N2O4. The van der Waals surface area contributed by atoms with E-state index in [0.29, 0.717) is 24.2 Å². The van der Waals surface area contributed by atoms with Crippen molar-refractivity contribution < 1.29 is 19.4 Å². The van der Waals surface area contributed by atoms with Gasteiger partial charge in [0.2, 0.25) is 5.91 Å². The van der Waals surface area contributed by atoms with Crippen molar-refractivity contribution in [2.45, 2.75) is 26.7 Å². The van der Waals surface area contributed by atoms with E-state index in [2.05, 4.69) is 4.98 Å². The van der Waals surface area contributed by atoms with Crippen molar-refractivity contribution in [1.82, 2.24) is 4.98 Å². The first-order valence-corrected chi connectivity index (χ1v) is 9.41. The number of aromatic nitrogens is 1. The van der Waals surface area contributed by atoms with Gasteiger partial charge in [0.15, 0.2) is 0 Å². The van der Waals surface area contributed by atoms with Crippen LogP contribution in [-0.2, 0) is 11.2 Å². The van der Waals surface area contributed by atoms with Gasteiger partial charge in [-0.1, -0.05) is 25.1 Å². The average molecular weight is 380 g/mol. The Morgan fingerprint density at radius 1 is 1.07 bits per heavy atom. The third-order valence-electron chi connectivity index (χ3n) is 4.56. The van der Waals surface area contributed by atoms with Gasteiger partial charge in [-0.2, -0.15) is 0 Å². The number of carboxylic acids is 1. The largest absolute Gasteiger partial charge is 0.494 e. The summed E-state index contributed by atoms with van der Waals surface area (Å²) in [6.45, 7) is 5.05. The van der Waals surface area contributed by atoms with Crippen molar-refractivity contribution in [2.75, 3.05) is 18.1 Å². The van der Waals surface area contributed by atoms with E-state index in [4.69, 9.17) is 4.74 Å². The molecule has 0 saturated heterocycles. The molecule has 146 valence electrons. The van der Waals surface area contributed by atoms with E-state index in [0.717, 1.165) is 23.2 Å². The van der Waals surface area contributed by atoms with Crippen LogP contribution in [0.15, 0.2) is 48.5 Å². The SMILES string of the molecule is CCCN(C(=O)Cc1c(C(=O)O)[nH]c2ccccc12)c1ccc(OCC)cc1. The number of rotatable bonds is 8. The molecule has 0 fully saturated rings. The molecule has 0 radical (unpaired) electrons. The number of benzene rings is 2. The standard InChI is InChI=1S/C22H24N2O4/c1-3-13-24(15-9-11-16(12-10-15)28-4-2)20(25)14-18-17-7-5-6-8-19(17)23-21(18)22(26)27/h5-12,23H,3-4,13-14H2,1-2H3,(H,26,27). The van der Waals surface area contributed by atoms with Crippen LogP contribution in [0.5, 0.6) is 5.75 Å². The molecule has 28 heavy (non-hydrogen) atoms. The predicted octanol–water partition coefficient (Wildman–Crippen LogP) is 4.25. The Morgan fingerprint density at radius 3 is 2.43 bits per heavy atom. The van der Waals surface area contributed by atoms with Crippen molar-refractivity contribution in [3.63, 3.8) is 0 Å². The Bertz CT molecular complexity index is 976. The van der Waals surface area contributed by atoms with Crippen LogP contribution >= 0.6 is 0 Å². The number of amides is 1. The molecule has 2 aromatic carbocycles. The molecule has 0 aliphatic carbocycles. The fraction of sp³-hybridized carbons (Fsp3) is 0.273. The second-order valence-electron chi connectivity index (χ2n) is 6.48. The second-order valence-corrected chi connectivity index (χ2v) is 6.48. The lowest BCUT2D eigenvalue weighted by Crippen LogP contribution is -2.33. The maximum Gasteiger partial charge on any atom is 0.352 e. The smallest absolute Gasteiger partial charge is 0.352 e. The number of nitrogens with one attached hydrogen (secondary N) is 1. The van der Waals surface area contributed by atoms with Gasteiger partial charge in [0.25, 0.3) is 0 Å². The summed E-state index contributed by atoms with van der Waals surface area (Å²) in [5, 5.41) is 10.3. The van der Waals surface area contributed by atoms with Crippen molar-refractivity contribution in [2.24, 2.45) is 0 Å². The Balaban J connectivity index is 1.92. The monoisotopic (exact) mass is 380 g/mol. The number of carbonyl (C=O) groups is 2. The van der Waals surface area contributed by atoms with Crippen LogP contribution in [0.1, 0.15) is 36.3 Å². The van der Waals surface area contributed by atoms with Gasteiger partial charge in [0.05, 0.1) is 13.0 Å². The number of ether oxygens (including phenoxy) is 1. The van der Waals surface area contributed by atoms with E-state index in [-0.39, 0.29) is 18.0 Å². The average Bonchev–Trinajstić information content (AvgIpc) is 3.06. The second kappa shape index (κ2) is 8.61. The Hall–Kier alpha value is -3.28. The maximum absolute atomic E-state index is 13.1. The summed E-state index contributed by atoms with van der Waals surface area (Å²) in [6, 6.07) is 14.7. The molecule has 0 saturated carbocycles. The molecule has 1 aromatic heterocycles. The summed E-state index contributed by atoms with van der Waals surface area (Å²) in [5.41, 5.74) is 2.07. The number of carbonyl (C=O) groups excluding carboxylic acids is 1. The normalized spacial score (nSPS) is 10.8. The van der Waals surface area contributed by atoms with Crippen LogP contribution in [0, 0.1) is 0 Å². The van der Waals surface area contributed by atoms with Gasteiger partial charge in [-0.15, -0.1) is 0 Å². The minimum absolute atomic E-state index is 0.0128. The fourth-order valence-corrected chi connectivity index (χ4v) is 3.32. The van der Waals surface area contributed by atoms with Gasteiger partial charge in [-0.25, -0.2) is 4.79 Å². The fourth-order valence-electron chi connectivity index (χ4n) is 3.32. The minimum Gasteiger partial charge on any atom is -0.494 e. The molecule has 2 N–H and O–H groups in total. The quantitative estimate of drug-likeness (QED) is 0.612. The van der Waals surface area contributed by atoms with Crippen LogP contribution < -0.4 is 9.64 Å². The number of hydrogen-bond donors (Lipinski definition) is 2. The molecule has 6 nitrogen and oxygen atoms in total. The summed E-state index contributed by atoms with van der Waals surface area (Å²) in [5.74, 6) is -0.458. The molecule has 3 rings (SSSR count). The molecular weight excluding hydrogens is 356 g/mol. The highest BCUT2D eigenvalue weighted by Gasteiger charge is 2.22. The highest BCUT2D eigenvalue weighted by molar-refractivity contribution is 6.03. The molecule has 0 bridgehead atoms. The van der Waals surface area contributed by atoms with E-state index in [1.165, 1.54) is 0 Å². The highest BCUT2D eigenvalue weighted by Crippen LogP contribution is 2.26. The zero-order valence-corrected chi connectivity index (χ0v) is 16.1. The topological polar surface area (TPSA) is 82.6 Å². The molecule has 6 heteroatoms. The van der Waals surface area contributed by atoms with Gasteiger partial charge in [-0.3, -0.25) is 4.79 Å². The Kier molecular flexibility index (Phi) is 5.99. The first-order valence-electron chi connectivity index (χ1n) is 9.41. The molecule has 0 aliphatic rings. The summed E-state index contributed by atoms with van der Waals surface area (Å²) in [4.78, 5) is 29.4. The molecule has 0 spiro atoms. The number of H-pyrrole nitrogens is 1. The Labute approximate surface area is 163 Å². The van der Waals surface area contributed by atoms with E-state index < -0.39 is 5.97 Å².